The molecule has 2 heterocycles. The zero-order chi connectivity index (χ0) is 19.2. The fourth-order valence-corrected chi connectivity index (χ4v) is 4.09. The normalized spacial score (nSPS) is 14.2. The topological polar surface area (TPSA) is 64.3 Å². The summed E-state index contributed by atoms with van der Waals surface area (Å²) in [5, 5.41) is 0.948. The van der Waals surface area contributed by atoms with Crippen LogP contribution in [0.25, 0.3) is 0 Å². The summed E-state index contributed by atoms with van der Waals surface area (Å²) in [7, 11) is 0. The average molecular weight is 393 g/mol. The van der Waals surface area contributed by atoms with Gasteiger partial charge in [0.2, 0.25) is 0 Å². The number of benzene rings is 2. The molecule has 1 aliphatic rings. The quantitative estimate of drug-likeness (QED) is 0.648. The van der Waals surface area contributed by atoms with E-state index in [1.165, 1.54) is 11.3 Å². The predicted molar refractivity (Wildman–Crippen MR) is 113 cm³/mol. The molecule has 1 saturated heterocycles. The van der Waals surface area contributed by atoms with Crippen LogP contribution in [-0.4, -0.2) is 36.3 Å². The molecular formula is C22H24N4OS. The molecule has 4 rings (SSSR count). The minimum absolute atomic E-state index is 0.546. The van der Waals surface area contributed by atoms with Gasteiger partial charge >= 0.3 is 0 Å². The standard InChI is InChI=1S/C22H24N4OS/c23-16-18-2-1-3-20(14-18)28-22-8-9-24-21(25-22)15-17-4-6-19(7-5-17)26-10-12-27-13-11-26/h1-9,14H,10-13,15-16,23H2. The van der Waals surface area contributed by atoms with E-state index in [-0.39, 0.29) is 0 Å². The highest BCUT2D eigenvalue weighted by molar-refractivity contribution is 7.99. The molecule has 0 unspecified atom stereocenters. The summed E-state index contributed by atoms with van der Waals surface area (Å²) in [6, 6.07) is 18.9. The molecule has 0 saturated carbocycles. The molecule has 3 aromatic rings. The van der Waals surface area contributed by atoms with Gasteiger partial charge in [-0.2, -0.15) is 0 Å². The molecule has 2 aromatic carbocycles. The van der Waals surface area contributed by atoms with Crippen LogP contribution in [0.3, 0.4) is 0 Å². The summed E-state index contributed by atoms with van der Waals surface area (Å²) in [5.41, 5.74) is 9.32. The van der Waals surface area contributed by atoms with Gasteiger partial charge in [0, 0.05) is 42.8 Å². The van der Waals surface area contributed by atoms with Crippen molar-refractivity contribution < 1.29 is 4.74 Å². The number of ether oxygens (including phenoxy) is 1. The Bertz CT molecular complexity index is 910. The molecule has 1 aromatic heterocycles. The lowest BCUT2D eigenvalue weighted by Gasteiger charge is -2.28. The van der Waals surface area contributed by atoms with Crippen molar-refractivity contribution >= 4 is 17.4 Å². The highest BCUT2D eigenvalue weighted by Crippen LogP contribution is 2.26. The minimum atomic E-state index is 0.546. The van der Waals surface area contributed by atoms with Crippen molar-refractivity contribution in [2.45, 2.75) is 22.9 Å². The molecule has 5 nitrogen and oxygen atoms in total. The van der Waals surface area contributed by atoms with Crippen LogP contribution in [0.2, 0.25) is 0 Å². The first-order valence-corrected chi connectivity index (χ1v) is 10.3. The van der Waals surface area contributed by atoms with Crippen molar-refractivity contribution in [3.05, 3.63) is 77.7 Å². The van der Waals surface area contributed by atoms with Gasteiger partial charge in [-0.15, -0.1) is 0 Å². The molecule has 0 aliphatic carbocycles. The first-order valence-electron chi connectivity index (χ1n) is 9.50. The van der Waals surface area contributed by atoms with Gasteiger partial charge in [-0.05, 0) is 41.5 Å². The average Bonchev–Trinajstić information content (AvgIpc) is 2.75. The van der Waals surface area contributed by atoms with Crippen molar-refractivity contribution in [3.63, 3.8) is 0 Å². The second kappa shape index (κ2) is 9.19. The lowest BCUT2D eigenvalue weighted by molar-refractivity contribution is 0.122. The Morgan fingerprint density at radius 3 is 2.61 bits per heavy atom. The molecule has 0 atom stereocenters. The molecule has 0 bridgehead atoms. The maximum Gasteiger partial charge on any atom is 0.133 e. The fraction of sp³-hybridized carbons (Fsp3) is 0.273. The summed E-state index contributed by atoms with van der Waals surface area (Å²) in [6.45, 7) is 4.05. The van der Waals surface area contributed by atoms with Crippen molar-refractivity contribution in [1.29, 1.82) is 0 Å². The summed E-state index contributed by atoms with van der Waals surface area (Å²) < 4.78 is 5.42. The Morgan fingerprint density at radius 1 is 1.00 bits per heavy atom. The third-order valence-electron chi connectivity index (χ3n) is 4.71. The number of hydrogen-bond donors (Lipinski definition) is 1. The Hall–Kier alpha value is -2.41. The summed E-state index contributed by atoms with van der Waals surface area (Å²) >= 11 is 1.64. The predicted octanol–water partition coefficient (Wildman–Crippen LogP) is 3.51. The Morgan fingerprint density at radius 2 is 1.82 bits per heavy atom. The van der Waals surface area contributed by atoms with E-state index in [9.17, 15) is 0 Å². The highest BCUT2D eigenvalue weighted by Gasteiger charge is 2.11. The van der Waals surface area contributed by atoms with Crippen LogP contribution in [0.5, 0.6) is 0 Å². The van der Waals surface area contributed by atoms with Gasteiger partial charge < -0.3 is 15.4 Å². The van der Waals surface area contributed by atoms with Crippen LogP contribution in [0.1, 0.15) is 17.0 Å². The monoisotopic (exact) mass is 392 g/mol. The highest BCUT2D eigenvalue weighted by atomic mass is 32.2. The number of hydrogen-bond acceptors (Lipinski definition) is 6. The van der Waals surface area contributed by atoms with Crippen LogP contribution in [0.4, 0.5) is 5.69 Å². The van der Waals surface area contributed by atoms with Crippen LogP contribution >= 0.6 is 11.8 Å². The van der Waals surface area contributed by atoms with E-state index in [4.69, 9.17) is 15.5 Å². The van der Waals surface area contributed by atoms with E-state index in [2.05, 4.69) is 46.3 Å². The molecule has 0 radical (unpaired) electrons. The Kier molecular flexibility index (Phi) is 6.21. The molecule has 0 spiro atoms. The number of morpholine rings is 1. The Balaban J connectivity index is 1.42. The molecule has 6 heteroatoms. The lowest BCUT2D eigenvalue weighted by Crippen LogP contribution is -2.36. The number of nitrogens with two attached hydrogens (primary N) is 1. The molecule has 28 heavy (non-hydrogen) atoms. The van der Waals surface area contributed by atoms with E-state index >= 15 is 0 Å². The minimum Gasteiger partial charge on any atom is -0.378 e. The third-order valence-corrected chi connectivity index (χ3v) is 5.64. The molecule has 144 valence electrons. The van der Waals surface area contributed by atoms with E-state index in [0.29, 0.717) is 6.54 Å². The smallest absolute Gasteiger partial charge is 0.133 e. The largest absolute Gasteiger partial charge is 0.378 e. The van der Waals surface area contributed by atoms with Gasteiger partial charge in [0.05, 0.1) is 13.2 Å². The molecule has 0 amide bonds. The van der Waals surface area contributed by atoms with Crippen LogP contribution in [0.15, 0.2) is 70.7 Å². The second-order valence-corrected chi connectivity index (χ2v) is 7.80. The summed E-state index contributed by atoms with van der Waals surface area (Å²) in [4.78, 5) is 12.7. The van der Waals surface area contributed by atoms with Gasteiger partial charge in [-0.3, -0.25) is 0 Å². The zero-order valence-corrected chi connectivity index (χ0v) is 16.6. The number of aromatic nitrogens is 2. The SMILES string of the molecule is NCc1cccc(Sc2ccnc(Cc3ccc(N4CCOCC4)cc3)n2)c1. The molecule has 1 fully saturated rings. The molecular weight excluding hydrogens is 368 g/mol. The van der Waals surface area contributed by atoms with Crippen molar-refractivity contribution in [3.8, 4) is 0 Å². The van der Waals surface area contributed by atoms with Crippen molar-refractivity contribution in [2.24, 2.45) is 5.73 Å². The van der Waals surface area contributed by atoms with E-state index in [1.807, 2.05) is 24.4 Å². The summed E-state index contributed by atoms with van der Waals surface area (Å²) in [5.74, 6) is 0.833. The van der Waals surface area contributed by atoms with Crippen molar-refractivity contribution in [2.75, 3.05) is 31.2 Å². The van der Waals surface area contributed by atoms with E-state index in [0.717, 1.165) is 54.0 Å². The first-order chi connectivity index (χ1) is 13.8. The van der Waals surface area contributed by atoms with Crippen LogP contribution < -0.4 is 10.6 Å². The second-order valence-electron chi connectivity index (χ2n) is 6.71. The van der Waals surface area contributed by atoms with E-state index in [1.54, 1.807) is 11.8 Å². The number of nitrogens with zero attached hydrogens (tertiary/aromatic N) is 3. The van der Waals surface area contributed by atoms with Gasteiger partial charge in [0.1, 0.15) is 10.9 Å². The lowest BCUT2D eigenvalue weighted by atomic mass is 10.1. The maximum absolute atomic E-state index is 5.74. The number of rotatable bonds is 6. The van der Waals surface area contributed by atoms with Crippen molar-refractivity contribution in [1.82, 2.24) is 9.97 Å². The molecule has 2 N–H and O–H groups in total. The fourth-order valence-electron chi connectivity index (χ4n) is 3.21. The summed E-state index contributed by atoms with van der Waals surface area (Å²) in [6.07, 6.45) is 2.56. The Labute approximate surface area is 170 Å². The molecule has 1 aliphatic heterocycles. The van der Waals surface area contributed by atoms with Gasteiger partial charge in [-0.25, -0.2) is 9.97 Å². The van der Waals surface area contributed by atoms with Gasteiger partial charge in [-0.1, -0.05) is 36.0 Å². The van der Waals surface area contributed by atoms with Gasteiger partial charge in [0.25, 0.3) is 0 Å². The maximum atomic E-state index is 5.74. The first kappa shape index (κ1) is 18.9. The number of anilines is 1. The van der Waals surface area contributed by atoms with Crippen LogP contribution in [0, 0.1) is 0 Å². The van der Waals surface area contributed by atoms with Gasteiger partial charge in [0.15, 0.2) is 0 Å². The zero-order valence-electron chi connectivity index (χ0n) is 15.8. The van der Waals surface area contributed by atoms with E-state index < -0.39 is 0 Å². The van der Waals surface area contributed by atoms with Crippen LogP contribution in [-0.2, 0) is 17.7 Å². The third kappa shape index (κ3) is 4.90.